The van der Waals surface area contributed by atoms with Crippen molar-refractivity contribution < 1.29 is 19.6 Å². The maximum Gasteiger partial charge on any atom is 0.273 e. The third-order valence-electron chi connectivity index (χ3n) is 3.10. The fourth-order valence-corrected chi connectivity index (χ4v) is 1.99. The highest BCUT2D eigenvalue weighted by Crippen LogP contribution is 2.23. The second kappa shape index (κ2) is 7.73. The smallest absolute Gasteiger partial charge is 0.273 e. The fourth-order valence-electron chi connectivity index (χ4n) is 1.99. The highest BCUT2D eigenvalue weighted by molar-refractivity contribution is 5.86. The van der Waals surface area contributed by atoms with Crippen LogP contribution in [-0.4, -0.2) is 29.3 Å². The van der Waals surface area contributed by atoms with Crippen molar-refractivity contribution in [1.82, 2.24) is 5.43 Å². The summed E-state index contributed by atoms with van der Waals surface area (Å²) >= 11 is 0. The molecule has 2 aromatic rings. The van der Waals surface area contributed by atoms with E-state index in [0.717, 1.165) is 0 Å². The molecule has 0 radical (unpaired) electrons. The number of amides is 1. The molecule has 0 atom stereocenters. The molecular formula is C16H15N3O5. The minimum atomic E-state index is -0.527. The number of phenolic OH excluding ortho intramolecular Hbond substituents is 1. The Labute approximate surface area is 137 Å². The van der Waals surface area contributed by atoms with Crippen LogP contribution in [0.2, 0.25) is 0 Å². The van der Waals surface area contributed by atoms with Crippen molar-refractivity contribution in [3.63, 3.8) is 0 Å². The summed E-state index contributed by atoms with van der Waals surface area (Å²) in [6, 6.07) is 10.4. The number of nitrogens with zero attached hydrogens (tertiary/aromatic N) is 2. The number of methoxy groups -OCH3 is 1. The van der Waals surface area contributed by atoms with E-state index < -0.39 is 4.92 Å². The lowest BCUT2D eigenvalue weighted by Gasteiger charge is -2.04. The van der Waals surface area contributed by atoms with Crippen molar-refractivity contribution in [2.24, 2.45) is 5.10 Å². The highest BCUT2D eigenvalue weighted by atomic mass is 16.6. The van der Waals surface area contributed by atoms with Gasteiger partial charge in [-0.25, -0.2) is 5.43 Å². The number of non-ortho nitro benzene ring substituents is 1. The average Bonchev–Trinajstić information content (AvgIpc) is 2.54. The molecule has 0 saturated heterocycles. The number of nitrogens with one attached hydrogen (secondary N) is 1. The molecule has 24 heavy (non-hydrogen) atoms. The Balaban J connectivity index is 2.00. The van der Waals surface area contributed by atoms with E-state index in [9.17, 15) is 20.0 Å². The van der Waals surface area contributed by atoms with Gasteiger partial charge in [0, 0.05) is 11.6 Å². The molecule has 0 saturated carbocycles. The van der Waals surface area contributed by atoms with Crippen LogP contribution in [0, 0.1) is 10.1 Å². The Morgan fingerprint density at radius 2 is 2.17 bits per heavy atom. The van der Waals surface area contributed by atoms with E-state index in [1.165, 1.54) is 43.7 Å². The Morgan fingerprint density at radius 1 is 1.38 bits per heavy atom. The van der Waals surface area contributed by atoms with Gasteiger partial charge in [0.1, 0.15) is 11.5 Å². The molecule has 0 aliphatic rings. The Morgan fingerprint density at radius 3 is 2.83 bits per heavy atom. The summed E-state index contributed by atoms with van der Waals surface area (Å²) in [5, 5.41) is 23.9. The number of benzene rings is 2. The summed E-state index contributed by atoms with van der Waals surface area (Å²) in [4.78, 5) is 22.0. The molecule has 1 amide bonds. The summed E-state index contributed by atoms with van der Waals surface area (Å²) in [6.07, 6.45) is 1.39. The van der Waals surface area contributed by atoms with Crippen molar-refractivity contribution in [1.29, 1.82) is 0 Å². The summed E-state index contributed by atoms with van der Waals surface area (Å²) in [6.45, 7) is 0. The standard InChI is InChI=1S/C16H15N3O5/c1-24-15-9-13(19(22)23)6-5-12(15)10-17-18-16(21)8-11-3-2-4-14(20)7-11/h2-7,9-10,20H,8H2,1H3,(H,18,21). The molecular weight excluding hydrogens is 314 g/mol. The third-order valence-corrected chi connectivity index (χ3v) is 3.10. The summed E-state index contributed by atoms with van der Waals surface area (Å²) in [5.74, 6) is -0.00710. The molecule has 0 bridgehead atoms. The van der Waals surface area contributed by atoms with Crippen LogP contribution in [0.25, 0.3) is 0 Å². The monoisotopic (exact) mass is 329 g/mol. The van der Waals surface area contributed by atoms with Gasteiger partial charge in [0.05, 0.1) is 30.7 Å². The zero-order chi connectivity index (χ0) is 17.5. The number of ether oxygens (including phenoxy) is 1. The van der Waals surface area contributed by atoms with Crippen molar-refractivity contribution in [3.05, 3.63) is 63.7 Å². The summed E-state index contributed by atoms with van der Waals surface area (Å²) < 4.78 is 5.07. The number of rotatable bonds is 6. The number of nitro benzene ring substituents is 1. The lowest BCUT2D eigenvalue weighted by atomic mass is 10.1. The first kappa shape index (κ1) is 16.9. The van der Waals surface area contributed by atoms with Gasteiger partial charge in [-0.05, 0) is 23.8 Å². The van der Waals surface area contributed by atoms with Gasteiger partial charge in [-0.1, -0.05) is 12.1 Å². The summed E-state index contributed by atoms with van der Waals surface area (Å²) in [5.41, 5.74) is 3.38. The molecule has 124 valence electrons. The minimum absolute atomic E-state index is 0.0587. The predicted molar refractivity (Wildman–Crippen MR) is 87.2 cm³/mol. The van der Waals surface area contributed by atoms with Crippen LogP contribution in [0.4, 0.5) is 5.69 Å². The second-order valence-corrected chi connectivity index (χ2v) is 4.82. The predicted octanol–water partition coefficient (Wildman–Crippen LogP) is 2.00. The number of nitro groups is 1. The van der Waals surface area contributed by atoms with Crippen molar-refractivity contribution >= 4 is 17.8 Å². The van der Waals surface area contributed by atoms with Crippen LogP contribution in [0.5, 0.6) is 11.5 Å². The topological polar surface area (TPSA) is 114 Å². The normalized spacial score (nSPS) is 10.5. The maximum absolute atomic E-state index is 11.8. The number of carbonyl (C=O) groups excluding carboxylic acids is 1. The fraction of sp³-hybridized carbons (Fsp3) is 0.125. The van der Waals surface area contributed by atoms with Crippen LogP contribution < -0.4 is 10.2 Å². The van der Waals surface area contributed by atoms with E-state index in [4.69, 9.17) is 4.74 Å². The van der Waals surface area contributed by atoms with Crippen LogP contribution in [-0.2, 0) is 11.2 Å². The minimum Gasteiger partial charge on any atom is -0.508 e. The van der Waals surface area contributed by atoms with Gasteiger partial charge >= 0.3 is 0 Å². The first-order chi connectivity index (χ1) is 11.5. The summed E-state index contributed by atoms with van der Waals surface area (Å²) in [7, 11) is 1.39. The molecule has 0 aromatic heterocycles. The molecule has 0 spiro atoms. The van der Waals surface area contributed by atoms with Crippen molar-refractivity contribution in [2.75, 3.05) is 7.11 Å². The first-order valence-corrected chi connectivity index (χ1v) is 6.92. The zero-order valence-corrected chi connectivity index (χ0v) is 12.8. The lowest BCUT2D eigenvalue weighted by Crippen LogP contribution is -2.19. The van der Waals surface area contributed by atoms with Crippen LogP contribution in [0.3, 0.4) is 0 Å². The SMILES string of the molecule is COc1cc([N+](=O)[O-])ccc1C=NNC(=O)Cc1cccc(O)c1. The van der Waals surface area contributed by atoms with Gasteiger partial charge in [-0.3, -0.25) is 14.9 Å². The van der Waals surface area contributed by atoms with Crippen LogP contribution in [0.1, 0.15) is 11.1 Å². The van der Waals surface area contributed by atoms with Crippen LogP contribution in [0.15, 0.2) is 47.6 Å². The Bertz CT molecular complexity index is 789. The quantitative estimate of drug-likeness (QED) is 0.478. The third kappa shape index (κ3) is 4.54. The largest absolute Gasteiger partial charge is 0.508 e. The van der Waals surface area contributed by atoms with E-state index in [1.54, 1.807) is 12.1 Å². The Hall–Kier alpha value is -3.42. The molecule has 2 aromatic carbocycles. The van der Waals surface area contributed by atoms with Crippen molar-refractivity contribution in [2.45, 2.75) is 6.42 Å². The number of carbonyl (C=O) groups is 1. The first-order valence-electron chi connectivity index (χ1n) is 6.92. The van der Waals surface area contributed by atoms with E-state index >= 15 is 0 Å². The molecule has 0 heterocycles. The van der Waals surface area contributed by atoms with Crippen molar-refractivity contribution in [3.8, 4) is 11.5 Å². The van der Waals surface area contributed by atoms with E-state index in [0.29, 0.717) is 11.1 Å². The molecule has 0 unspecified atom stereocenters. The molecule has 8 nitrogen and oxygen atoms in total. The zero-order valence-electron chi connectivity index (χ0n) is 12.8. The number of aromatic hydroxyl groups is 1. The number of phenols is 1. The lowest BCUT2D eigenvalue weighted by molar-refractivity contribution is -0.384. The average molecular weight is 329 g/mol. The number of hydrogen-bond acceptors (Lipinski definition) is 6. The van der Waals surface area contributed by atoms with E-state index in [-0.39, 0.29) is 29.5 Å². The van der Waals surface area contributed by atoms with Gasteiger partial charge in [-0.2, -0.15) is 5.10 Å². The highest BCUT2D eigenvalue weighted by Gasteiger charge is 2.10. The van der Waals surface area contributed by atoms with Gasteiger partial charge in [0.15, 0.2) is 0 Å². The van der Waals surface area contributed by atoms with Gasteiger partial charge < -0.3 is 9.84 Å². The van der Waals surface area contributed by atoms with Crippen LogP contribution >= 0.6 is 0 Å². The van der Waals surface area contributed by atoms with E-state index in [2.05, 4.69) is 10.5 Å². The molecule has 8 heteroatoms. The van der Waals surface area contributed by atoms with Gasteiger partial charge in [0.25, 0.3) is 5.69 Å². The molecule has 0 aliphatic heterocycles. The maximum atomic E-state index is 11.8. The van der Waals surface area contributed by atoms with E-state index in [1.807, 2.05) is 0 Å². The molecule has 2 rings (SSSR count). The molecule has 0 fully saturated rings. The van der Waals surface area contributed by atoms with Gasteiger partial charge in [-0.15, -0.1) is 0 Å². The second-order valence-electron chi connectivity index (χ2n) is 4.82. The molecule has 2 N–H and O–H groups in total. The molecule has 0 aliphatic carbocycles. The Kier molecular flexibility index (Phi) is 5.45. The van der Waals surface area contributed by atoms with Gasteiger partial charge in [0.2, 0.25) is 5.91 Å². The number of hydrogen-bond donors (Lipinski definition) is 2. The number of hydrazone groups is 1.